The number of rotatable bonds is 8. The largest absolute Gasteiger partial charge is 0.482 e. The average molecular weight is 368 g/mol. The highest BCUT2D eigenvalue weighted by atomic mass is 35.5. The van der Waals surface area contributed by atoms with Crippen LogP contribution in [0, 0.1) is 0 Å². The molecule has 0 aliphatic heterocycles. The third kappa shape index (κ3) is 5.84. The van der Waals surface area contributed by atoms with E-state index in [4.69, 9.17) is 39.5 Å². The third-order valence-electron chi connectivity index (χ3n) is 3.36. The van der Waals surface area contributed by atoms with Crippen LogP contribution in [0.1, 0.15) is 20.8 Å². The van der Waals surface area contributed by atoms with Crippen molar-refractivity contribution in [1.29, 1.82) is 0 Å². The Morgan fingerprint density at radius 2 is 1.77 bits per heavy atom. The Balaban J connectivity index is 2.45. The fourth-order valence-electron chi connectivity index (χ4n) is 2.05. The van der Waals surface area contributed by atoms with Crippen molar-refractivity contribution in [3.63, 3.8) is 0 Å². The minimum absolute atomic E-state index is 0.122. The molecule has 0 heterocycles. The second-order valence-corrected chi connectivity index (χ2v) is 6.08. The van der Waals surface area contributed by atoms with Gasteiger partial charge in [-0.1, -0.05) is 48.7 Å². The van der Waals surface area contributed by atoms with Crippen molar-refractivity contribution in [3.8, 4) is 5.75 Å². The van der Waals surface area contributed by atoms with Crippen molar-refractivity contribution in [2.24, 2.45) is 0 Å². The molecule has 0 bridgehead atoms. The van der Waals surface area contributed by atoms with E-state index in [1.165, 1.54) is 12.1 Å². The molecule has 1 atom stereocenters. The predicted molar refractivity (Wildman–Crippen MR) is 92.4 cm³/mol. The monoisotopic (exact) mass is 366 g/mol. The molecule has 1 unspecified atom stereocenters. The molecule has 0 fully saturated rings. The summed E-state index contributed by atoms with van der Waals surface area (Å²) in [5.74, 6) is 0.129. The standard InChI is InChI=1S/C15H21Cl3N2O2/c1-4-20(5-2)10(3)8-19-15(21)9-22-14-7-12(17)11(16)6-13(14)18/h6-7,10H,4-5,8-9H2,1-3H3,(H,19,21). The number of carbonyl (C=O) groups excluding carboxylic acids is 1. The number of hydrogen-bond donors (Lipinski definition) is 1. The number of nitrogens with zero attached hydrogens (tertiary/aromatic N) is 1. The molecule has 1 aromatic carbocycles. The zero-order chi connectivity index (χ0) is 16.7. The number of benzene rings is 1. The van der Waals surface area contributed by atoms with Gasteiger partial charge >= 0.3 is 0 Å². The maximum absolute atomic E-state index is 11.8. The molecule has 1 aromatic rings. The number of amides is 1. The normalized spacial score (nSPS) is 12.3. The van der Waals surface area contributed by atoms with E-state index in [-0.39, 0.29) is 18.6 Å². The Hall–Kier alpha value is -0.680. The molecular weight excluding hydrogens is 347 g/mol. The number of carbonyl (C=O) groups is 1. The van der Waals surface area contributed by atoms with E-state index >= 15 is 0 Å². The fraction of sp³-hybridized carbons (Fsp3) is 0.533. The lowest BCUT2D eigenvalue weighted by Crippen LogP contribution is -2.43. The first kappa shape index (κ1) is 19.4. The summed E-state index contributed by atoms with van der Waals surface area (Å²) in [6, 6.07) is 3.26. The number of ether oxygens (including phenoxy) is 1. The lowest BCUT2D eigenvalue weighted by Gasteiger charge is -2.26. The second kappa shape index (κ2) is 9.46. The van der Waals surface area contributed by atoms with Gasteiger partial charge in [0, 0.05) is 18.7 Å². The maximum Gasteiger partial charge on any atom is 0.257 e. The Kier molecular flexibility index (Phi) is 8.33. The van der Waals surface area contributed by atoms with Crippen LogP contribution in [0.3, 0.4) is 0 Å². The number of nitrogens with one attached hydrogen (secondary N) is 1. The van der Waals surface area contributed by atoms with Crippen molar-refractivity contribution in [3.05, 3.63) is 27.2 Å². The van der Waals surface area contributed by atoms with E-state index in [9.17, 15) is 4.79 Å². The first-order valence-corrected chi connectivity index (χ1v) is 8.30. The van der Waals surface area contributed by atoms with Crippen LogP contribution in [0.15, 0.2) is 12.1 Å². The highest BCUT2D eigenvalue weighted by Gasteiger charge is 2.13. The first-order chi connectivity index (χ1) is 10.4. The van der Waals surface area contributed by atoms with E-state index < -0.39 is 0 Å². The predicted octanol–water partition coefficient (Wildman–Crippen LogP) is 3.87. The van der Waals surface area contributed by atoms with Gasteiger partial charge in [0.25, 0.3) is 5.91 Å². The minimum Gasteiger partial charge on any atom is -0.482 e. The lowest BCUT2D eigenvalue weighted by molar-refractivity contribution is -0.123. The molecule has 124 valence electrons. The molecule has 0 radical (unpaired) electrons. The van der Waals surface area contributed by atoms with Crippen LogP contribution >= 0.6 is 34.8 Å². The summed E-state index contributed by atoms with van der Waals surface area (Å²) in [6.07, 6.45) is 0. The van der Waals surface area contributed by atoms with Crippen LogP contribution in [-0.2, 0) is 4.79 Å². The Morgan fingerprint density at radius 1 is 1.18 bits per heavy atom. The van der Waals surface area contributed by atoms with Gasteiger partial charge in [0.2, 0.25) is 0 Å². The summed E-state index contributed by atoms with van der Waals surface area (Å²) in [6.45, 7) is 8.60. The van der Waals surface area contributed by atoms with Crippen molar-refractivity contribution in [1.82, 2.24) is 10.2 Å². The first-order valence-electron chi connectivity index (χ1n) is 7.17. The highest BCUT2D eigenvalue weighted by Crippen LogP contribution is 2.33. The molecule has 0 aliphatic rings. The van der Waals surface area contributed by atoms with Crippen LogP contribution < -0.4 is 10.1 Å². The topological polar surface area (TPSA) is 41.6 Å². The van der Waals surface area contributed by atoms with Gasteiger partial charge in [-0.15, -0.1) is 0 Å². The van der Waals surface area contributed by atoms with Crippen LogP contribution in [0.5, 0.6) is 5.75 Å². The summed E-state index contributed by atoms with van der Waals surface area (Å²) in [5, 5.41) is 3.83. The SMILES string of the molecule is CCN(CC)C(C)CNC(=O)COc1cc(Cl)c(Cl)cc1Cl. The maximum atomic E-state index is 11.8. The Bertz CT molecular complexity index is 508. The van der Waals surface area contributed by atoms with Crippen molar-refractivity contribution in [2.75, 3.05) is 26.2 Å². The Morgan fingerprint density at radius 3 is 2.36 bits per heavy atom. The average Bonchev–Trinajstić information content (AvgIpc) is 2.48. The van der Waals surface area contributed by atoms with Gasteiger partial charge in [-0.2, -0.15) is 0 Å². The molecule has 0 saturated heterocycles. The molecule has 1 N–H and O–H groups in total. The summed E-state index contributed by atoms with van der Waals surface area (Å²) in [5.41, 5.74) is 0. The van der Waals surface area contributed by atoms with Gasteiger partial charge in [0.05, 0.1) is 15.1 Å². The van der Waals surface area contributed by atoms with Crippen molar-refractivity contribution in [2.45, 2.75) is 26.8 Å². The van der Waals surface area contributed by atoms with Gasteiger partial charge in [0.1, 0.15) is 5.75 Å². The van der Waals surface area contributed by atoms with Crippen LogP contribution in [0.4, 0.5) is 0 Å². The molecule has 22 heavy (non-hydrogen) atoms. The second-order valence-electron chi connectivity index (χ2n) is 4.86. The minimum atomic E-state index is -0.207. The zero-order valence-corrected chi connectivity index (χ0v) is 15.2. The van der Waals surface area contributed by atoms with Crippen molar-refractivity contribution < 1.29 is 9.53 Å². The third-order valence-corrected chi connectivity index (χ3v) is 4.38. The van der Waals surface area contributed by atoms with Crippen LogP contribution in [0.2, 0.25) is 15.1 Å². The summed E-state index contributed by atoms with van der Waals surface area (Å²) in [4.78, 5) is 14.1. The molecule has 0 aromatic heterocycles. The fourth-order valence-corrected chi connectivity index (χ4v) is 2.64. The molecule has 0 spiro atoms. The van der Waals surface area contributed by atoms with E-state index in [0.29, 0.717) is 27.4 Å². The molecule has 0 aliphatic carbocycles. The quantitative estimate of drug-likeness (QED) is 0.709. The lowest BCUT2D eigenvalue weighted by atomic mass is 10.3. The van der Waals surface area contributed by atoms with Crippen molar-refractivity contribution >= 4 is 40.7 Å². The number of halogens is 3. The van der Waals surface area contributed by atoms with Gasteiger partial charge in [-0.05, 0) is 26.1 Å². The van der Waals surface area contributed by atoms with E-state index in [1.54, 1.807) is 0 Å². The Labute approximate surface area is 146 Å². The summed E-state index contributed by atoms with van der Waals surface area (Å²) >= 11 is 17.7. The number of likely N-dealkylation sites (N-methyl/N-ethyl adjacent to an activating group) is 1. The van der Waals surface area contributed by atoms with E-state index in [0.717, 1.165) is 13.1 Å². The van der Waals surface area contributed by atoms with Crippen LogP contribution in [0.25, 0.3) is 0 Å². The van der Waals surface area contributed by atoms with E-state index in [1.807, 2.05) is 0 Å². The van der Waals surface area contributed by atoms with Gasteiger partial charge in [-0.3, -0.25) is 9.69 Å². The van der Waals surface area contributed by atoms with E-state index in [2.05, 4.69) is 31.0 Å². The molecule has 4 nitrogen and oxygen atoms in total. The van der Waals surface area contributed by atoms with Gasteiger partial charge < -0.3 is 10.1 Å². The molecule has 0 saturated carbocycles. The highest BCUT2D eigenvalue weighted by molar-refractivity contribution is 6.43. The van der Waals surface area contributed by atoms with Crippen LogP contribution in [-0.4, -0.2) is 43.1 Å². The molecular formula is C15H21Cl3N2O2. The molecule has 7 heteroatoms. The van der Waals surface area contributed by atoms with Gasteiger partial charge in [0.15, 0.2) is 6.61 Å². The smallest absolute Gasteiger partial charge is 0.257 e. The number of hydrogen-bond acceptors (Lipinski definition) is 3. The molecule has 1 rings (SSSR count). The van der Waals surface area contributed by atoms with Gasteiger partial charge in [-0.25, -0.2) is 0 Å². The zero-order valence-electron chi connectivity index (χ0n) is 13.0. The molecule has 1 amide bonds. The summed E-state index contributed by atoms with van der Waals surface area (Å²) < 4.78 is 5.38. The summed E-state index contributed by atoms with van der Waals surface area (Å²) in [7, 11) is 0.